The first kappa shape index (κ1) is 15.4. The van der Waals surface area contributed by atoms with E-state index in [0.717, 1.165) is 17.4 Å². The second kappa shape index (κ2) is 5.80. The molecule has 0 unspecified atom stereocenters. The number of sulfonamides is 1. The van der Waals surface area contributed by atoms with Crippen LogP contribution in [0, 0.1) is 12.7 Å². The first-order chi connectivity index (χ1) is 9.33. The Morgan fingerprint density at radius 3 is 2.70 bits per heavy atom. The van der Waals surface area contributed by atoms with Gasteiger partial charge in [0, 0.05) is 0 Å². The third-order valence-corrected chi connectivity index (χ3v) is 6.05. The van der Waals surface area contributed by atoms with Gasteiger partial charge >= 0.3 is 0 Å². The van der Waals surface area contributed by atoms with E-state index < -0.39 is 15.8 Å². The number of aliphatic hydroxyl groups excluding tert-OH is 1. The predicted molar refractivity (Wildman–Crippen MR) is 79.9 cm³/mol. The van der Waals surface area contributed by atoms with Gasteiger partial charge in [-0.15, -0.1) is 11.3 Å². The minimum absolute atomic E-state index is 0.0734. The Morgan fingerprint density at radius 1 is 1.40 bits per heavy atom. The predicted octanol–water partition coefficient (Wildman–Crippen LogP) is 3.25. The van der Waals surface area contributed by atoms with Crippen molar-refractivity contribution in [3.63, 3.8) is 0 Å². The molecule has 0 atom stereocenters. The van der Waals surface area contributed by atoms with Crippen molar-refractivity contribution >= 4 is 43.0 Å². The molecule has 1 aromatic heterocycles. The molecule has 0 aliphatic rings. The van der Waals surface area contributed by atoms with E-state index in [1.807, 2.05) is 0 Å². The van der Waals surface area contributed by atoms with Crippen LogP contribution in [0.3, 0.4) is 0 Å². The molecule has 108 valence electrons. The van der Waals surface area contributed by atoms with Crippen LogP contribution in [0.25, 0.3) is 0 Å². The molecule has 2 rings (SSSR count). The van der Waals surface area contributed by atoms with Crippen molar-refractivity contribution in [3.8, 4) is 0 Å². The zero-order valence-corrected chi connectivity index (χ0v) is 13.6. The number of aliphatic hydroxyl groups is 1. The van der Waals surface area contributed by atoms with Crippen LogP contribution in [0.15, 0.2) is 32.3 Å². The van der Waals surface area contributed by atoms with Crippen molar-refractivity contribution in [2.75, 3.05) is 4.72 Å². The van der Waals surface area contributed by atoms with Gasteiger partial charge in [0.2, 0.25) is 0 Å². The third-order valence-electron chi connectivity index (χ3n) is 2.59. The lowest BCUT2D eigenvalue weighted by molar-refractivity contribution is 0.282. The van der Waals surface area contributed by atoms with Gasteiger partial charge in [-0.25, -0.2) is 12.8 Å². The van der Waals surface area contributed by atoms with Crippen LogP contribution in [0.2, 0.25) is 0 Å². The Kier molecular flexibility index (Phi) is 4.48. The fourth-order valence-electron chi connectivity index (χ4n) is 1.53. The molecule has 0 radical (unpaired) electrons. The number of hydrogen-bond donors (Lipinski definition) is 2. The Morgan fingerprint density at radius 2 is 2.10 bits per heavy atom. The Labute approximate surface area is 128 Å². The second-order valence-corrected chi connectivity index (χ2v) is 7.79. The highest BCUT2D eigenvalue weighted by Crippen LogP contribution is 2.28. The summed E-state index contributed by atoms with van der Waals surface area (Å²) in [5.74, 6) is -0.546. The number of hydrogen-bond acceptors (Lipinski definition) is 4. The molecular weight excluding hydrogens is 369 g/mol. The van der Waals surface area contributed by atoms with Crippen LogP contribution in [-0.4, -0.2) is 13.5 Å². The van der Waals surface area contributed by atoms with E-state index >= 15 is 0 Å². The minimum atomic E-state index is -3.78. The quantitative estimate of drug-likeness (QED) is 0.856. The zero-order valence-electron chi connectivity index (χ0n) is 10.4. The van der Waals surface area contributed by atoms with E-state index in [9.17, 15) is 12.8 Å². The summed E-state index contributed by atoms with van der Waals surface area (Å²) in [6.07, 6.45) is 0. The molecule has 0 spiro atoms. The van der Waals surface area contributed by atoms with E-state index in [4.69, 9.17) is 5.11 Å². The molecule has 4 nitrogen and oxygen atoms in total. The lowest BCUT2D eigenvalue weighted by atomic mass is 10.2. The third kappa shape index (κ3) is 3.20. The summed E-state index contributed by atoms with van der Waals surface area (Å²) in [6, 6.07) is 4.01. The number of nitrogens with one attached hydrogen (secondary N) is 1. The van der Waals surface area contributed by atoms with Gasteiger partial charge < -0.3 is 5.11 Å². The Bertz CT molecular complexity index is 743. The number of aryl methyl sites for hydroxylation is 1. The molecule has 20 heavy (non-hydrogen) atoms. The highest BCUT2D eigenvalue weighted by Gasteiger charge is 2.18. The van der Waals surface area contributed by atoms with Crippen molar-refractivity contribution in [2.45, 2.75) is 17.7 Å². The normalized spacial score (nSPS) is 11.6. The largest absolute Gasteiger partial charge is 0.392 e. The molecule has 2 aromatic rings. The van der Waals surface area contributed by atoms with Gasteiger partial charge in [-0.05, 0) is 57.6 Å². The van der Waals surface area contributed by atoms with E-state index in [1.165, 1.54) is 12.1 Å². The van der Waals surface area contributed by atoms with Gasteiger partial charge in [0.05, 0.1) is 16.8 Å². The second-order valence-electron chi connectivity index (χ2n) is 4.12. The van der Waals surface area contributed by atoms with E-state index in [0.29, 0.717) is 11.1 Å². The summed E-state index contributed by atoms with van der Waals surface area (Å²) in [7, 11) is -3.78. The maximum atomic E-state index is 13.5. The summed E-state index contributed by atoms with van der Waals surface area (Å²) in [5, 5.41) is 10.5. The van der Waals surface area contributed by atoms with Crippen LogP contribution < -0.4 is 4.72 Å². The van der Waals surface area contributed by atoms with Crippen LogP contribution in [-0.2, 0) is 16.6 Å². The first-order valence-electron chi connectivity index (χ1n) is 5.50. The fraction of sp³-hybridized carbons (Fsp3) is 0.167. The SMILES string of the molecule is Cc1cc(Br)c(F)cc1NS(=O)(=O)c1cc(CO)cs1. The van der Waals surface area contributed by atoms with Gasteiger partial charge in [0.15, 0.2) is 0 Å². The average Bonchev–Trinajstić information content (AvgIpc) is 2.85. The van der Waals surface area contributed by atoms with Gasteiger partial charge in [-0.3, -0.25) is 4.72 Å². The zero-order chi connectivity index (χ0) is 14.9. The van der Waals surface area contributed by atoms with Crippen molar-refractivity contribution in [1.82, 2.24) is 0 Å². The van der Waals surface area contributed by atoms with Crippen LogP contribution in [0.1, 0.15) is 11.1 Å². The molecule has 0 aliphatic heterocycles. The first-order valence-corrected chi connectivity index (χ1v) is 8.66. The Hall–Kier alpha value is -0.960. The summed E-state index contributed by atoms with van der Waals surface area (Å²) >= 11 is 4.04. The van der Waals surface area contributed by atoms with E-state index in [1.54, 1.807) is 12.3 Å². The standard InChI is InChI=1S/C12H11BrFNO3S2/c1-7-2-9(13)10(14)4-11(7)15-20(17,18)12-3-8(5-16)6-19-12/h2-4,6,15-16H,5H2,1H3. The van der Waals surface area contributed by atoms with Gasteiger partial charge in [0.25, 0.3) is 10.0 Å². The number of benzene rings is 1. The van der Waals surface area contributed by atoms with Crippen molar-refractivity contribution in [2.24, 2.45) is 0 Å². The molecule has 0 amide bonds. The van der Waals surface area contributed by atoms with E-state index in [2.05, 4.69) is 20.7 Å². The Balaban J connectivity index is 2.35. The van der Waals surface area contributed by atoms with Gasteiger partial charge in [0.1, 0.15) is 10.0 Å². The number of rotatable bonds is 4. The molecular formula is C12H11BrFNO3S2. The molecule has 2 N–H and O–H groups in total. The van der Waals surface area contributed by atoms with Crippen LogP contribution in [0.5, 0.6) is 0 Å². The van der Waals surface area contributed by atoms with Crippen molar-refractivity contribution in [1.29, 1.82) is 0 Å². The molecule has 1 aromatic carbocycles. The van der Waals surface area contributed by atoms with Gasteiger partial charge in [-0.1, -0.05) is 0 Å². The number of thiophene rings is 1. The molecule has 0 bridgehead atoms. The van der Waals surface area contributed by atoms with Gasteiger partial charge in [-0.2, -0.15) is 0 Å². The maximum Gasteiger partial charge on any atom is 0.271 e. The lowest BCUT2D eigenvalue weighted by Crippen LogP contribution is -2.12. The van der Waals surface area contributed by atoms with Crippen LogP contribution in [0.4, 0.5) is 10.1 Å². The monoisotopic (exact) mass is 379 g/mol. The number of anilines is 1. The molecule has 0 saturated heterocycles. The summed E-state index contributed by atoms with van der Waals surface area (Å²) in [4.78, 5) is 0. The highest BCUT2D eigenvalue weighted by molar-refractivity contribution is 9.10. The minimum Gasteiger partial charge on any atom is -0.392 e. The lowest BCUT2D eigenvalue weighted by Gasteiger charge is -2.10. The summed E-state index contributed by atoms with van der Waals surface area (Å²) in [6.45, 7) is 1.45. The summed E-state index contributed by atoms with van der Waals surface area (Å²) in [5.41, 5.74) is 1.31. The molecule has 0 aliphatic carbocycles. The average molecular weight is 380 g/mol. The topological polar surface area (TPSA) is 66.4 Å². The smallest absolute Gasteiger partial charge is 0.271 e. The molecule has 0 saturated carbocycles. The van der Waals surface area contributed by atoms with Crippen LogP contribution >= 0.6 is 27.3 Å². The highest BCUT2D eigenvalue weighted by atomic mass is 79.9. The summed E-state index contributed by atoms with van der Waals surface area (Å²) < 4.78 is 40.5. The van der Waals surface area contributed by atoms with Crippen molar-refractivity contribution in [3.05, 3.63) is 45.0 Å². The fourth-order valence-corrected chi connectivity index (χ4v) is 4.31. The molecule has 8 heteroatoms. The van der Waals surface area contributed by atoms with Crippen molar-refractivity contribution < 1.29 is 17.9 Å². The maximum absolute atomic E-state index is 13.5. The molecule has 1 heterocycles. The van der Waals surface area contributed by atoms with E-state index in [-0.39, 0.29) is 21.0 Å². The number of halogens is 2. The molecule has 0 fully saturated rings.